The summed E-state index contributed by atoms with van der Waals surface area (Å²) in [4.78, 5) is 14.1. The van der Waals surface area contributed by atoms with Crippen molar-refractivity contribution in [2.24, 2.45) is 11.5 Å². The number of anilines is 2. The number of nitrogens with one attached hydrogen (secondary N) is 1. The minimum absolute atomic E-state index is 0.129. The van der Waals surface area contributed by atoms with Crippen LogP contribution in [0.15, 0.2) is 30.5 Å². The van der Waals surface area contributed by atoms with Crippen LogP contribution in [0.1, 0.15) is 16.3 Å². The number of hydrogen-bond donors (Lipinski definition) is 3. The molecule has 0 aliphatic heterocycles. The molecule has 2 heterocycles. The molecule has 3 rings (SSSR count). The van der Waals surface area contributed by atoms with Crippen LogP contribution >= 0.6 is 11.3 Å². The second-order valence-corrected chi connectivity index (χ2v) is 6.21. The van der Waals surface area contributed by atoms with E-state index in [0.29, 0.717) is 23.7 Å². The van der Waals surface area contributed by atoms with Crippen LogP contribution in [0.3, 0.4) is 0 Å². The fraction of sp³-hybridized carbons (Fsp3) is 0.188. The van der Waals surface area contributed by atoms with Gasteiger partial charge >= 0.3 is 0 Å². The Morgan fingerprint density at radius 1 is 1.17 bits per heavy atom. The van der Waals surface area contributed by atoms with Gasteiger partial charge in [0.1, 0.15) is 10.8 Å². The summed E-state index contributed by atoms with van der Waals surface area (Å²) in [6.45, 7) is 2.46. The number of aryl methyl sites for hydroxylation is 1. The molecule has 0 saturated heterocycles. The summed E-state index contributed by atoms with van der Waals surface area (Å²) in [5.74, 6) is 0.0940. The first kappa shape index (κ1) is 16.4. The number of hydrogen-bond acceptors (Lipinski definition) is 7. The van der Waals surface area contributed by atoms with Gasteiger partial charge < -0.3 is 16.8 Å². The molecule has 0 saturated carbocycles. The Bertz CT molecular complexity index is 864. The molecule has 5 N–H and O–H groups in total. The number of halogens is 1. The van der Waals surface area contributed by atoms with Crippen molar-refractivity contribution in [1.29, 1.82) is 0 Å². The molecule has 124 valence electrons. The molecular formula is C16H17FN6S. The highest BCUT2D eigenvalue weighted by Gasteiger charge is 2.11. The Balaban J connectivity index is 1.89. The summed E-state index contributed by atoms with van der Waals surface area (Å²) in [6, 6.07) is 6.46. The minimum Gasteiger partial charge on any atom is -0.326 e. The van der Waals surface area contributed by atoms with Gasteiger partial charge in [-0.05, 0) is 31.2 Å². The Morgan fingerprint density at radius 2 is 2.00 bits per heavy atom. The molecule has 0 spiro atoms. The van der Waals surface area contributed by atoms with Crippen molar-refractivity contribution in [3.63, 3.8) is 0 Å². The molecule has 0 radical (unpaired) electrons. The minimum atomic E-state index is -0.327. The first-order valence-electron chi connectivity index (χ1n) is 7.36. The SMILES string of the molecule is Cc1nc(CN)sc1-c1ccnc(Nc2ccc(F)c(CN)c2)n1. The molecule has 0 atom stereocenters. The second-order valence-electron chi connectivity index (χ2n) is 5.13. The van der Waals surface area contributed by atoms with E-state index in [2.05, 4.69) is 20.3 Å². The molecule has 0 amide bonds. The number of nitrogens with two attached hydrogens (primary N) is 2. The van der Waals surface area contributed by atoms with E-state index in [0.717, 1.165) is 21.3 Å². The molecular weight excluding hydrogens is 327 g/mol. The van der Waals surface area contributed by atoms with Gasteiger partial charge in [0.05, 0.1) is 16.3 Å². The van der Waals surface area contributed by atoms with Crippen LogP contribution in [-0.4, -0.2) is 15.0 Å². The van der Waals surface area contributed by atoms with E-state index >= 15 is 0 Å². The maximum atomic E-state index is 13.5. The lowest BCUT2D eigenvalue weighted by atomic mass is 10.2. The zero-order valence-corrected chi connectivity index (χ0v) is 13.9. The van der Waals surface area contributed by atoms with E-state index in [4.69, 9.17) is 11.5 Å². The average Bonchev–Trinajstić information content (AvgIpc) is 2.98. The maximum absolute atomic E-state index is 13.5. The van der Waals surface area contributed by atoms with Gasteiger partial charge in [0.15, 0.2) is 0 Å². The lowest BCUT2D eigenvalue weighted by Gasteiger charge is -2.08. The van der Waals surface area contributed by atoms with E-state index in [1.54, 1.807) is 18.3 Å². The molecule has 8 heteroatoms. The fourth-order valence-electron chi connectivity index (χ4n) is 2.26. The third-order valence-electron chi connectivity index (χ3n) is 3.43. The quantitative estimate of drug-likeness (QED) is 0.657. The van der Waals surface area contributed by atoms with E-state index < -0.39 is 0 Å². The van der Waals surface area contributed by atoms with Crippen molar-refractivity contribution in [1.82, 2.24) is 15.0 Å². The van der Waals surface area contributed by atoms with Crippen molar-refractivity contribution in [3.05, 3.63) is 52.5 Å². The van der Waals surface area contributed by atoms with Crippen molar-refractivity contribution >= 4 is 23.0 Å². The number of thiazole rings is 1. The number of rotatable bonds is 5. The van der Waals surface area contributed by atoms with Crippen LogP contribution in [-0.2, 0) is 13.1 Å². The summed E-state index contributed by atoms with van der Waals surface area (Å²) < 4.78 is 13.5. The van der Waals surface area contributed by atoms with Gasteiger partial charge in [-0.2, -0.15) is 0 Å². The first-order valence-corrected chi connectivity index (χ1v) is 8.17. The Hall–Kier alpha value is -2.42. The zero-order valence-electron chi connectivity index (χ0n) is 13.1. The maximum Gasteiger partial charge on any atom is 0.227 e. The van der Waals surface area contributed by atoms with Gasteiger partial charge in [-0.1, -0.05) is 0 Å². The normalized spacial score (nSPS) is 10.8. The largest absolute Gasteiger partial charge is 0.326 e. The predicted octanol–water partition coefficient (Wildman–Crippen LogP) is 2.71. The Morgan fingerprint density at radius 3 is 2.71 bits per heavy atom. The first-order chi connectivity index (χ1) is 11.6. The fourth-order valence-corrected chi connectivity index (χ4v) is 3.17. The molecule has 24 heavy (non-hydrogen) atoms. The molecule has 0 fully saturated rings. The molecule has 0 unspecified atom stereocenters. The third kappa shape index (κ3) is 3.40. The van der Waals surface area contributed by atoms with Crippen LogP contribution in [0.4, 0.5) is 16.0 Å². The summed E-state index contributed by atoms with van der Waals surface area (Å²) >= 11 is 1.52. The predicted molar refractivity (Wildman–Crippen MR) is 93.3 cm³/mol. The van der Waals surface area contributed by atoms with Crippen LogP contribution in [0.5, 0.6) is 0 Å². The van der Waals surface area contributed by atoms with E-state index in [9.17, 15) is 4.39 Å². The van der Waals surface area contributed by atoms with Gasteiger partial charge in [0.2, 0.25) is 5.95 Å². The number of nitrogens with zero attached hydrogens (tertiary/aromatic N) is 3. The highest BCUT2D eigenvalue weighted by atomic mass is 32.1. The van der Waals surface area contributed by atoms with E-state index in [1.165, 1.54) is 17.4 Å². The summed E-state index contributed by atoms with van der Waals surface area (Å²) in [5, 5.41) is 3.93. The summed E-state index contributed by atoms with van der Waals surface area (Å²) in [7, 11) is 0. The van der Waals surface area contributed by atoms with Crippen LogP contribution < -0.4 is 16.8 Å². The molecule has 0 bridgehead atoms. The number of benzene rings is 1. The lowest BCUT2D eigenvalue weighted by molar-refractivity contribution is 0.611. The van der Waals surface area contributed by atoms with E-state index in [-0.39, 0.29) is 12.4 Å². The molecule has 3 aromatic rings. The number of aromatic nitrogens is 3. The monoisotopic (exact) mass is 344 g/mol. The highest BCUT2D eigenvalue weighted by molar-refractivity contribution is 7.15. The van der Waals surface area contributed by atoms with Gasteiger partial charge in [-0.25, -0.2) is 19.3 Å². The average molecular weight is 344 g/mol. The van der Waals surface area contributed by atoms with Crippen LogP contribution in [0, 0.1) is 12.7 Å². The molecule has 0 aliphatic carbocycles. The third-order valence-corrected chi connectivity index (χ3v) is 4.63. The van der Waals surface area contributed by atoms with Crippen molar-refractivity contribution in [2.45, 2.75) is 20.0 Å². The molecule has 0 aliphatic rings. The Kier molecular flexibility index (Phi) is 4.79. The standard InChI is InChI=1S/C16H17FN6S/c1-9-15(24-14(8-19)21-9)13-4-5-20-16(23-13)22-11-2-3-12(17)10(6-11)7-18/h2-6H,7-8,18-19H2,1H3,(H,20,22,23). The van der Waals surface area contributed by atoms with Gasteiger partial charge in [-0.3, -0.25) is 0 Å². The topological polar surface area (TPSA) is 103 Å². The smallest absolute Gasteiger partial charge is 0.227 e. The lowest BCUT2D eigenvalue weighted by Crippen LogP contribution is -2.02. The van der Waals surface area contributed by atoms with Crippen LogP contribution in [0.2, 0.25) is 0 Å². The zero-order chi connectivity index (χ0) is 17.1. The highest BCUT2D eigenvalue weighted by Crippen LogP contribution is 2.29. The molecule has 6 nitrogen and oxygen atoms in total. The van der Waals surface area contributed by atoms with Gasteiger partial charge in [-0.15, -0.1) is 11.3 Å². The summed E-state index contributed by atoms with van der Waals surface area (Å²) in [5.41, 5.74) is 13.9. The van der Waals surface area contributed by atoms with Crippen molar-refractivity contribution in [2.75, 3.05) is 5.32 Å². The van der Waals surface area contributed by atoms with Crippen LogP contribution in [0.25, 0.3) is 10.6 Å². The van der Waals surface area contributed by atoms with Crippen molar-refractivity contribution in [3.8, 4) is 10.6 Å². The van der Waals surface area contributed by atoms with E-state index in [1.807, 2.05) is 13.0 Å². The second kappa shape index (κ2) is 7.00. The van der Waals surface area contributed by atoms with Crippen molar-refractivity contribution < 1.29 is 4.39 Å². The Labute approximate surface area is 142 Å². The summed E-state index contributed by atoms with van der Waals surface area (Å²) in [6.07, 6.45) is 1.67. The molecule has 2 aromatic heterocycles. The molecule has 1 aromatic carbocycles. The van der Waals surface area contributed by atoms with Gasteiger partial charge in [0, 0.05) is 30.5 Å². The van der Waals surface area contributed by atoms with Gasteiger partial charge in [0.25, 0.3) is 0 Å².